The number of aliphatic hydroxyl groups excluding tert-OH is 2. The van der Waals surface area contributed by atoms with Gasteiger partial charge in [-0.3, -0.25) is 9.98 Å². The topological polar surface area (TPSA) is 169 Å². The van der Waals surface area contributed by atoms with E-state index in [9.17, 15) is 20.4 Å². The molecular formula is C22H39N5O7. The van der Waals surface area contributed by atoms with Gasteiger partial charge < -0.3 is 50.6 Å². The minimum absolute atomic E-state index is 0.0234. The van der Waals surface area contributed by atoms with Gasteiger partial charge in [0.25, 0.3) is 0 Å². The number of likely N-dealkylation sites (N-methyl/N-ethyl adjacent to an activating group) is 2. The molecule has 34 heavy (non-hydrogen) atoms. The number of hydrogen-bond acceptors (Lipinski definition) is 12. The van der Waals surface area contributed by atoms with Crippen LogP contribution in [0.5, 0.6) is 0 Å². The largest absolute Gasteiger partial charge is 0.390 e. The number of hydrogen-bond donors (Lipinski definition) is 7. The van der Waals surface area contributed by atoms with E-state index in [4.69, 9.17) is 14.2 Å². The van der Waals surface area contributed by atoms with Crippen molar-refractivity contribution in [1.82, 2.24) is 16.0 Å². The quantitative estimate of drug-likeness (QED) is 0.141. The highest BCUT2D eigenvalue weighted by Crippen LogP contribution is 2.46. The van der Waals surface area contributed by atoms with E-state index < -0.39 is 60.3 Å². The van der Waals surface area contributed by atoms with Gasteiger partial charge in [-0.05, 0) is 34.7 Å². The van der Waals surface area contributed by atoms with E-state index in [2.05, 4.69) is 32.7 Å². The van der Waals surface area contributed by atoms with Crippen molar-refractivity contribution in [2.75, 3.05) is 27.2 Å². The van der Waals surface area contributed by atoms with Crippen LogP contribution in [0.1, 0.15) is 26.7 Å². The Kier molecular flexibility index (Phi) is 8.96. The summed E-state index contributed by atoms with van der Waals surface area (Å²) in [5, 5.41) is 53.9. The van der Waals surface area contributed by atoms with Crippen LogP contribution >= 0.6 is 0 Å². The summed E-state index contributed by atoms with van der Waals surface area (Å²) in [7, 11) is 3.27. The summed E-state index contributed by atoms with van der Waals surface area (Å²) < 4.78 is 17.9. The Morgan fingerprint density at radius 3 is 2.44 bits per heavy atom. The molecular weight excluding hydrogens is 446 g/mol. The number of nitrogens with one attached hydrogen (secondary N) is 3. The van der Waals surface area contributed by atoms with E-state index in [1.807, 2.05) is 0 Å². The predicted octanol–water partition coefficient (Wildman–Crippen LogP) is -2.15. The monoisotopic (exact) mass is 485 g/mol. The second-order valence-electron chi connectivity index (χ2n) is 9.12. The van der Waals surface area contributed by atoms with Gasteiger partial charge in [0.1, 0.15) is 23.9 Å². The van der Waals surface area contributed by atoms with Crippen molar-refractivity contribution >= 4 is 12.9 Å². The van der Waals surface area contributed by atoms with E-state index in [0.717, 1.165) is 0 Å². The summed E-state index contributed by atoms with van der Waals surface area (Å²) in [6.07, 6.45) is -1.97. The smallest absolute Gasteiger partial charge is 0.249 e. The molecule has 0 aromatic heterocycles. The Morgan fingerprint density at radius 1 is 1.12 bits per heavy atom. The first-order chi connectivity index (χ1) is 16.2. The van der Waals surface area contributed by atoms with E-state index >= 15 is 0 Å². The lowest BCUT2D eigenvalue weighted by Gasteiger charge is -2.60. The molecule has 3 aliphatic rings. The summed E-state index contributed by atoms with van der Waals surface area (Å²) in [5.74, 6) is -2.24. The molecule has 10 atom stereocenters. The van der Waals surface area contributed by atoms with Gasteiger partial charge in [0.15, 0.2) is 0 Å². The summed E-state index contributed by atoms with van der Waals surface area (Å²) in [4.78, 5) is 7.96. The molecule has 0 aromatic carbocycles. The number of ether oxygens (including phenoxy) is 3. The van der Waals surface area contributed by atoms with Crippen LogP contribution in [0.25, 0.3) is 0 Å². The number of aliphatic imine (C=N–C) groups is 2. The summed E-state index contributed by atoms with van der Waals surface area (Å²) >= 11 is 0. The third-order valence-corrected chi connectivity index (χ3v) is 6.90. The first-order valence-electron chi connectivity index (χ1n) is 11.6. The van der Waals surface area contributed by atoms with E-state index in [0.29, 0.717) is 18.7 Å². The van der Waals surface area contributed by atoms with Crippen LogP contribution in [0.3, 0.4) is 0 Å². The van der Waals surface area contributed by atoms with Gasteiger partial charge in [-0.1, -0.05) is 0 Å². The number of nitrogens with zero attached hydrogens (tertiary/aromatic N) is 2. The van der Waals surface area contributed by atoms with Gasteiger partial charge in [0.05, 0.1) is 30.0 Å². The molecule has 2 heterocycles. The van der Waals surface area contributed by atoms with Crippen molar-refractivity contribution in [3.8, 4) is 0 Å². The predicted molar refractivity (Wildman–Crippen MR) is 126 cm³/mol. The lowest BCUT2D eigenvalue weighted by Crippen LogP contribution is -2.81. The average Bonchev–Trinajstić information content (AvgIpc) is 2.79. The fourth-order valence-electron chi connectivity index (χ4n) is 5.09. The molecule has 0 radical (unpaired) electrons. The molecule has 0 bridgehead atoms. The summed E-state index contributed by atoms with van der Waals surface area (Å²) in [6.45, 7) is 7.51. The second kappa shape index (κ2) is 11.2. The van der Waals surface area contributed by atoms with Crippen molar-refractivity contribution in [3.05, 3.63) is 11.9 Å². The van der Waals surface area contributed by atoms with Gasteiger partial charge in [0.2, 0.25) is 12.1 Å². The van der Waals surface area contributed by atoms with Gasteiger partial charge in [-0.2, -0.15) is 0 Å². The standard InChI is InChI=1S/C22H39N5O7/c1-6-26-10-13(23-3)7-8-27-11-21(30)9-12(2)32-20-22(21,31)34-18-15(25-5)16(28)14(24-4)17(29)19(18)33-20/h6,10,12,14-20,24-25,27-31H,3,7-9,11H2,1-2,4-5H3/b13-10-,26-6?/t12-,14-,15+,16+,17+,18-,19-,20+,21-,22-/m1/s1. The van der Waals surface area contributed by atoms with Crippen molar-refractivity contribution in [3.63, 3.8) is 0 Å². The maximum Gasteiger partial charge on any atom is 0.249 e. The Hall–Kier alpha value is -1.32. The molecule has 12 heteroatoms. The van der Waals surface area contributed by atoms with Crippen LogP contribution in [0.2, 0.25) is 0 Å². The molecule has 1 saturated carbocycles. The molecule has 1 aliphatic carbocycles. The number of rotatable bonds is 9. The van der Waals surface area contributed by atoms with Crippen LogP contribution in [-0.4, -0.2) is 121 Å². The Morgan fingerprint density at radius 2 is 1.82 bits per heavy atom. The van der Waals surface area contributed by atoms with Crippen LogP contribution in [0, 0.1) is 0 Å². The molecule has 0 aromatic rings. The van der Waals surface area contributed by atoms with Crippen molar-refractivity contribution in [1.29, 1.82) is 0 Å². The van der Waals surface area contributed by atoms with Crippen molar-refractivity contribution in [2.24, 2.45) is 9.98 Å². The number of aliphatic hydroxyl groups is 4. The Labute approximate surface area is 200 Å². The molecule has 2 saturated heterocycles. The fourth-order valence-corrected chi connectivity index (χ4v) is 5.09. The fraction of sp³-hybridized carbons (Fsp3) is 0.818. The van der Waals surface area contributed by atoms with Crippen LogP contribution in [0.4, 0.5) is 0 Å². The SMILES string of the molecule is C=N/C(=C\N=CC)CCNC[C@]1(O)C[C@@H](C)O[C@H]2O[C@@H]3[C@@H](O)[C@H](NC)[C@H](O)[C@H](NC)[C@H]3O[C@]21O. The molecule has 12 nitrogen and oxygen atoms in total. The van der Waals surface area contributed by atoms with Gasteiger partial charge in [-0.25, -0.2) is 0 Å². The second-order valence-corrected chi connectivity index (χ2v) is 9.12. The van der Waals surface area contributed by atoms with Crippen LogP contribution in [0.15, 0.2) is 21.9 Å². The molecule has 0 spiro atoms. The third kappa shape index (κ3) is 4.98. The highest BCUT2D eigenvalue weighted by Gasteiger charge is 2.68. The first-order valence-corrected chi connectivity index (χ1v) is 11.6. The van der Waals surface area contributed by atoms with Crippen molar-refractivity contribution < 1.29 is 34.6 Å². The highest BCUT2D eigenvalue weighted by molar-refractivity contribution is 5.54. The van der Waals surface area contributed by atoms with Crippen molar-refractivity contribution in [2.45, 2.75) is 87.0 Å². The third-order valence-electron chi connectivity index (χ3n) is 6.90. The summed E-state index contributed by atoms with van der Waals surface area (Å²) in [5.41, 5.74) is -1.10. The summed E-state index contributed by atoms with van der Waals surface area (Å²) in [6, 6.07) is -1.37. The number of fused-ring (bicyclic) bond motifs is 2. The minimum atomic E-state index is -2.24. The molecule has 194 valence electrons. The zero-order valence-corrected chi connectivity index (χ0v) is 20.2. The lowest BCUT2D eigenvalue weighted by molar-refractivity contribution is -0.482. The zero-order valence-electron chi connectivity index (χ0n) is 20.2. The molecule has 0 unspecified atom stereocenters. The molecule has 2 aliphatic heterocycles. The maximum absolute atomic E-state index is 11.6. The first kappa shape index (κ1) is 27.3. The molecule has 3 rings (SSSR count). The average molecular weight is 486 g/mol. The Balaban J connectivity index is 1.78. The van der Waals surface area contributed by atoms with Gasteiger partial charge in [0, 0.05) is 38.3 Å². The van der Waals surface area contributed by atoms with E-state index in [-0.39, 0.29) is 13.0 Å². The zero-order chi connectivity index (χ0) is 25.1. The maximum atomic E-state index is 11.6. The van der Waals surface area contributed by atoms with Crippen LogP contribution in [-0.2, 0) is 14.2 Å². The van der Waals surface area contributed by atoms with Gasteiger partial charge >= 0.3 is 0 Å². The lowest BCUT2D eigenvalue weighted by atomic mass is 9.77. The highest BCUT2D eigenvalue weighted by atomic mass is 16.8. The molecule has 7 N–H and O–H groups in total. The van der Waals surface area contributed by atoms with Gasteiger partial charge in [-0.15, -0.1) is 0 Å². The minimum Gasteiger partial charge on any atom is -0.390 e. The van der Waals surface area contributed by atoms with E-state index in [1.165, 1.54) is 0 Å². The molecule has 0 amide bonds. The molecule has 3 fully saturated rings. The van der Waals surface area contributed by atoms with Crippen LogP contribution < -0.4 is 16.0 Å². The Bertz CT molecular complexity index is 770. The normalized spacial score (nSPS) is 45.1. The van der Waals surface area contributed by atoms with E-state index in [1.54, 1.807) is 40.4 Å².